The third kappa shape index (κ3) is 2.49. The van der Waals surface area contributed by atoms with Crippen LogP contribution in [0.2, 0.25) is 5.02 Å². The monoisotopic (exact) mass is 266 g/mol. The third-order valence-corrected chi connectivity index (χ3v) is 3.09. The minimum atomic E-state index is -0.112. The van der Waals surface area contributed by atoms with Crippen LogP contribution < -0.4 is 0 Å². The highest BCUT2D eigenvalue weighted by atomic mass is 35.5. The molecule has 0 aliphatic heterocycles. The van der Waals surface area contributed by atoms with Crippen LogP contribution in [-0.4, -0.2) is 40.6 Å². The quantitative estimate of drug-likeness (QED) is 0.892. The van der Waals surface area contributed by atoms with Crippen molar-refractivity contribution in [3.8, 4) is 0 Å². The van der Waals surface area contributed by atoms with Crippen molar-refractivity contribution >= 4 is 28.4 Å². The van der Waals surface area contributed by atoms with E-state index in [1.54, 1.807) is 23.1 Å². The first-order chi connectivity index (χ1) is 8.65. The van der Waals surface area contributed by atoms with Gasteiger partial charge in [0.2, 0.25) is 0 Å². The molecule has 2 N–H and O–H groups in total. The fourth-order valence-electron chi connectivity index (χ4n) is 1.91. The molecule has 96 valence electrons. The van der Waals surface area contributed by atoms with Gasteiger partial charge in [-0.3, -0.25) is 4.79 Å². The number of benzene rings is 1. The smallest absolute Gasteiger partial charge is 0.270 e. The van der Waals surface area contributed by atoms with Crippen molar-refractivity contribution in [1.82, 2.24) is 9.88 Å². The van der Waals surface area contributed by atoms with Crippen molar-refractivity contribution < 1.29 is 9.90 Å². The molecule has 0 bridgehead atoms. The van der Waals surface area contributed by atoms with Crippen molar-refractivity contribution in [1.29, 1.82) is 0 Å². The number of aromatic nitrogens is 1. The second-order valence-corrected chi connectivity index (χ2v) is 4.46. The SMILES string of the molecule is CCN(CCO)C(=O)c1cc2ccc(Cl)cc2[nH]1. The van der Waals surface area contributed by atoms with Crippen LogP contribution >= 0.6 is 11.6 Å². The number of carbonyl (C=O) groups is 1. The fourth-order valence-corrected chi connectivity index (χ4v) is 2.08. The number of aliphatic hydroxyl groups is 1. The molecule has 0 unspecified atom stereocenters. The van der Waals surface area contributed by atoms with E-state index in [4.69, 9.17) is 16.7 Å². The van der Waals surface area contributed by atoms with E-state index in [1.807, 2.05) is 13.0 Å². The summed E-state index contributed by atoms with van der Waals surface area (Å²) in [6, 6.07) is 7.24. The number of likely N-dealkylation sites (N-methyl/N-ethyl adjacent to an activating group) is 1. The Bertz CT molecular complexity index is 565. The molecule has 5 heteroatoms. The maximum absolute atomic E-state index is 12.2. The third-order valence-electron chi connectivity index (χ3n) is 2.85. The maximum Gasteiger partial charge on any atom is 0.270 e. The van der Waals surface area contributed by atoms with E-state index in [9.17, 15) is 4.79 Å². The number of amides is 1. The first-order valence-electron chi connectivity index (χ1n) is 5.84. The second-order valence-electron chi connectivity index (χ2n) is 4.02. The average molecular weight is 267 g/mol. The van der Waals surface area contributed by atoms with Gasteiger partial charge < -0.3 is 15.0 Å². The Balaban J connectivity index is 2.32. The number of H-pyrrole nitrogens is 1. The molecule has 18 heavy (non-hydrogen) atoms. The van der Waals surface area contributed by atoms with Gasteiger partial charge in [0.05, 0.1) is 6.61 Å². The summed E-state index contributed by atoms with van der Waals surface area (Å²) in [6.45, 7) is 2.75. The summed E-state index contributed by atoms with van der Waals surface area (Å²) in [6.07, 6.45) is 0. The Labute approximate surface area is 110 Å². The molecule has 0 aliphatic rings. The Hall–Kier alpha value is -1.52. The largest absolute Gasteiger partial charge is 0.395 e. The molecule has 1 aromatic carbocycles. The molecule has 1 heterocycles. The highest BCUT2D eigenvalue weighted by Crippen LogP contribution is 2.20. The molecular weight excluding hydrogens is 252 g/mol. The Kier molecular flexibility index (Phi) is 3.89. The average Bonchev–Trinajstić information content (AvgIpc) is 2.77. The summed E-state index contributed by atoms with van der Waals surface area (Å²) in [7, 11) is 0. The predicted octanol–water partition coefficient (Wildman–Crippen LogP) is 2.28. The number of hydrogen-bond acceptors (Lipinski definition) is 2. The van der Waals surface area contributed by atoms with E-state index >= 15 is 0 Å². The zero-order valence-corrected chi connectivity index (χ0v) is 10.9. The number of carbonyl (C=O) groups excluding carboxylic acids is 1. The van der Waals surface area contributed by atoms with Crippen LogP contribution in [0, 0.1) is 0 Å². The number of rotatable bonds is 4. The van der Waals surface area contributed by atoms with Gasteiger partial charge in [0.1, 0.15) is 5.69 Å². The van der Waals surface area contributed by atoms with Crippen LogP contribution in [0.3, 0.4) is 0 Å². The lowest BCUT2D eigenvalue weighted by Gasteiger charge is -2.18. The molecule has 2 rings (SSSR count). The lowest BCUT2D eigenvalue weighted by molar-refractivity contribution is 0.0727. The van der Waals surface area contributed by atoms with E-state index in [-0.39, 0.29) is 12.5 Å². The first-order valence-corrected chi connectivity index (χ1v) is 6.22. The van der Waals surface area contributed by atoms with Gasteiger partial charge in [-0.2, -0.15) is 0 Å². The highest BCUT2D eigenvalue weighted by Gasteiger charge is 2.15. The molecule has 0 saturated heterocycles. The van der Waals surface area contributed by atoms with Crippen molar-refractivity contribution in [2.75, 3.05) is 19.7 Å². The van der Waals surface area contributed by atoms with Crippen LogP contribution in [0.15, 0.2) is 24.3 Å². The van der Waals surface area contributed by atoms with Gasteiger partial charge in [0.15, 0.2) is 0 Å². The zero-order valence-electron chi connectivity index (χ0n) is 10.1. The number of nitrogens with zero attached hydrogens (tertiary/aromatic N) is 1. The van der Waals surface area contributed by atoms with Gasteiger partial charge in [-0.1, -0.05) is 17.7 Å². The normalized spacial score (nSPS) is 10.8. The van der Waals surface area contributed by atoms with Crippen molar-refractivity contribution in [2.45, 2.75) is 6.92 Å². The van der Waals surface area contributed by atoms with Gasteiger partial charge in [0, 0.05) is 29.0 Å². The highest BCUT2D eigenvalue weighted by molar-refractivity contribution is 6.31. The van der Waals surface area contributed by atoms with E-state index in [2.05, 4.69) is 4.98 Å². The lowest BCUT2D eigenvalue weighted by Crippen LogP contribution is -2.33. The minimum Gasteiger partial charge on any atom is -0.395 e. The number of aliphatic hydroxyl groups excluding tert-OH is 1. The summed E-state index contributed by atoms with van der Waals surface area (Å²) in [4.78, 5) is 16.8. The van der Waals surface area contributed by atoms with E-state index in [1.165, 1.54) is 0 Å². The number of aromatic amines is 1. The zero-order chi connectivity index (χ0) is 13.1. The summed E-state index contributed by atoms with van der Waals surface area (Å²) in [5.41, 5.74) is 1.36. The number of halogens is 1. The molecule has 2 aromatic rings. The number of hydrogen-bond donors (Lipinski definition) is 2. The van der Waals surface area contributed by atoms with E-state index in [0.29, 0.717) is 23.8 Å². The Morgan fingerprint density at radius 1 is 1.44 bits per heavy atom. The standard InChI is InChI=1S/C13H15ClN2O2/c1-2-16(5-6-17)13(18)12-7-9-3-4-10(14)8-11(9)15-12/h3-4,7-8,15,17H,2,5-6H2,1H3. The van der Waals surface area contributed by atoms with Gasteiger partial charge >= 0.3 is 0 Å². The molecule has 0 aliphatic carbocycles. The van der Waals surface area contributed by atoms with Crippen LogP contribution in [0.1, 0.15) is 17.4 Å². The molecule has 4 nitrogen and oxygen atoms in total. The molecule has 1 amide bonds. The lowest BCUT2D eigenvalue weighted by atomic mass is 10.2. The van der Waals surface area contributed by atoms with Crippen LogP contribution in [0.4, 0.5) is 0 Å². The molecule has 0 spiro atoms. The van der Waals surface area contributed by atoms with Gasteiger partial charge in [-0.25, -0.2) is 0 Å². The molecule has 0 fully saturated rings. The summed E-state index contributed by atoms with van der Waals surface area (Å²) < 4.78 is 0. The van der Waals surface area contributed by atoms with Gasteiger partial charge in [-0.15, -0.1) is 0 Å². The van der Waals surface area contributed by atoms with Gasteiger partial charge in [-0.05, 0) is 25.1 Å². The molecule has 0 atom stereocenters. The van der Waals surface area contributed by atoms with E-state index < -0.39 is 0 Å². The predicted molar refractivity (Wildman–Crippen MR) is 72.0 cm³/mol. The van der Waals surface area contributed by atoms with Crippen molar-refractivity contribution in [2.24, 2.45) is 0 Å². The Morgan fingerprint density at radius 3 is 2.89 bits per heavy atom. The summed E-state index contributed by atoms with van der Waals surface area (Å²) in [5, 5.41) is 10.5. The topological polar surface area (TPSA) is 56.3 Å². The van der Waals surface area contributed by atoms with Crippen LogP contribution in [0.5, 0.6) is 0 Å². The summed E-state index contributed by atoms with van der Waals surface area (Å²) in [5.74, 6) is -0.112. The number of fused-ring (bicyclic) bond motifs is 1. The van der Waals surface area contributed by atoms with Crippen LogP contribution in [0.25, 0.3) is 10.9 Å². The fraction of sp³-hybridized carbons (Fsp3) is 0.308. The number of nitrogens with one attached hydrogen (secondary N) is 1. The Morgan fingerprint density at radius 2 is 2.22 bits per heavy atom. The molecular formula is C13H15ClN2O2. The maximum atomic E-state index is 12.2. The minimum absolute atomic E-state index is 0.0361. The molecule has 0 saturated carbocycles. The molecule has 0 radical (unpaired) electrons. The van der Waals surface area contributed by atoms with Crippen molar-refractivity contribution in [3.63, 3.8) is 0 Å². The van der Waals surface area contributed by atoms with Gasteiger partial charge in [0.25, 0.3) is 5.91 Å². The van der Waals surface area contributed by atoms with E-state index in [0.717, 1.165) is 10.9 Å². The van der Waals surface area contributed by atoms with Crippen LogP contribution in [-0.2, 0) is 0 Å². The second kappa shape index (κ2) is 5.42. The first kappa shape index (κ1) is 12.9. The van der Waals surface area contributed by atoms with Crippen molar-refractivity contribution in [3.05, 3.63) is 35.0 Å². The molecule has 1 aromatic heterocycles. The summed E-state index contributed by atoms with van der Waals surface area (Å²) >= 11 is 5.90.